The summed E-state index contributed by atoms with van der Waals surface area (Å²) in [6.07, 6.45) is 0. The molecule has 162 valence electrons. The number of imide groups is 1. The molecule has 1 N–H and O–H groups in total. The van der Waals surface area contributed by atoms with Crippen LogP contribution < -0.4 is 5.32 Å². The molecule has 7 heteroatoms. The van der Waals surface area contributed by atoms with Gasteiger partial charge in [0.2, 0.25) is 5.91 Å². The molecule has 0 unspecified atom stereocenters. The Balaban J connectivity index is 1.18. The van der Waals surface area contributed by atoms with Crippen LogP contribution in [0, 0.1) is 6.92 Å². The van der Waals surface area contributed by atoms with Crippen molar-refractivity contribution in [2.75, 3.05) is 45.8 Å². The van der Waals surface area contributed by atoms with Gasteiger partial charge in [0.15, 0.2) is 0 Å². The van der Waals surface area contributed by atoms with Crippen molar-refractivity contribution < 1.29 is 14.4 Å². The fourth-order valence-electron chi connectivity index (χ4n) is 4.11. The molecule has 31 heavy (non-hydrogen) atoms. The van der Waals surface area contributed by atoms with Crippen LogP contribution in [-0.4, -0.2) is 78.2 Å². The summed E-state index contributed by atoms with van der Waals surface area (Å²) < 4.78 is 0. The molecule has 0 atom stereocenters. The van der Waals surface area contributed by atoms with E-state index in [4.69, 9.17) is 0 Å². The van der Waals surface area contributed by atoms with E-state index in [1.54, 1.807) is 18.2 Å². The van der Waals surface area contributed by atoms with Crippen LogP contribution >= 0.6 is 0 Å². The van der Waals surface area contributed by atoms with Crippen molar-refractivity contribution in [3.05, 3.63) is 70.8 Å². The summed E-state index contributed by atoms with van der Waals surface area (Å²) >= 11 is 0. The minimum Gasteiger partial charge on any atom is -0.353 e. The van der Waals surface area contributed by atoms with Gasteiger partial charge in [0.25, 0.3) is 11.8 Å². The number of nitrogens with one attached hydrogen (secondary N) is 1. The summed E-state index contributed by atoms with van der Waals surface area (Å²) in [7, 11) is 0. The Bertz CT molecular complexity index is 968. The van der Waals surface area contributed by atoms with Gasteiger partial charge in [0, 0.05) is 45.8 Å². The highest BCUT2D eigenvalue weighted by molar-refractivity contribution is 6.22. The molecular weight excluding hydrogens is 392 g/mol. The van der Waals surface area contributed by atoms with Gasteiger partial charge in [-0.2, -0.15) is 0 Å². The molecular formula is C24H28N4O3. The Morgan fingerprint density at radius 1 is 0.903 bits per heavy atom. The van der Waals surface area contributed by atoms with Gasteiger partial charge in [-0.05, 0) is 24.6 Å². The Kier molecular flexibility index (Phi) is 6.44. The largest absolute Gasteiger partial charge is 0.353 e. The zero-order chi connectivity index (χ0) is 21.8. The smallest absolute Gasteiger partial charge is 0.262 e. The lowest BCUT2D eigenvalue weighted by molar-refractivity contribution is -0.121. The first-order chi connectivity index (χ1) is 15.0. The van der Waals surface area contributed by atoms with E-state index in [1.807, 2.05) is 13.0 Å². The minimum absolute atomic E-state index is 0.240. The van der Waals surface area contributed by atoms with Crippen molar-refractivity contribution >= 4 is 17.7 Å². The molecule has 0 radical (unpaired) electrons. The number of carbonyl (C=O) groups excluding carboxylic acids is 3. The molecule has 3 amide bonds. The molecule has 1 saturated heterocycles. The standard InChI is InChI=1S/C24H28N4O3/c1-18-7-8-20-21(15-18)24(31)28(23(20)30)17-22(29)25-9-10-26-11-13-27(14-12-26)16-19-5-3-2-4-6-19/h2-8,15H,9-14,16-17H2,1H3,(H,25,29). The quantitative estimate of drug-likeness (QED) is 0.688. The first-order valence-corrected chi connectivity index (χ1v) is 10.7. The zero-order valence-electron chi connectivity index (χ0n) is 17.8. The van der Waals surface area contributed by atoms with E-state index in [9.17, 15) is 14.4 Å². The number of aryl methyl sites for hydroxylation is 1. The molecule has 2 aromatic rings. The summed E-state index contributed by atoms with van der Waals surface area (Å²) in [5.74, 6) is -1.10. The number of amides is 3. The number of hydrogen-bond donors (Lipinski definition) is 1. The number of rotatable bonds is 7. The van der Waals surface area contributed by atoms with E-state index < -0.39 is 11.8 Å². The highest BCUT2D eigenvalue weighted by Crippen LogP contribution is 2.23. The Labute approximate surface area is 182 Å². The van der Waals surface area contributed by atoms with E-state index in [0.717, 1.165) is 49.7 Å². The van der Waals surface area contributed by atoms with Crippen LogP contribution in [0.25, 0.3) is 0 Å². The average Bonchev–Trinajstić information content (AvgIpc) is 3.00. The van der Waals surface area contributed by atoms with Crippen LogP contribution in [0.2, 0.25) is 0 Å². The fourth-order valence-corrected chi connectivity index (χ4v) is 4.11. The predicted molar refractivity (Wildman–Crippen MR) is 118 cm³/mol. The molecule has 1 fully saturated rings. The SMILES string of the molecule is Cc1ccc2c(c1)C(=O)N(CC(=O)NCCN1CCN(Cc3ccccc3)CC1)C2=O. The number of piperazine rings is 1. The molecule has 2 aliphatic rings. The number of benzene rings is 2. The predicted octanol–water partition coefficient (Wildman–Crippen LogP) is 1.53. The van der Waals surface area contributed by atoms with Gasteiger partial charge in [-0.1, -0.05) is 42.0 Å². The van der Waals surface area contributed by atoms with Crippen molar-refractivity contribution in [1.29, 1.82) is 0 Å². The van der Waals surface area contributed by atoms with Gasteiger partial charge < -0.3 is 5.32 Å². The van der Waals surface area contributed by atoms with Gasteiger partial charge in [-0.3, -0.25) is 29.1 Å². The Hall–Kier alpha value is -3.03. The molecule has 4 rings (SSSR count). The molecule has 2 aliphatic heterocycles. The highest BCUT2D eigenvalue weighted by Gasteiger charge is 2.36. The lowest BCUT2D eigenvalue weighted by Gasteiger charge is -2.34. The van der Waals surface area contributed by atoms with Crippen LogP contribution in [-0.2, 0) is 11.3 Å². The molecule has 7 nitrogen and oxygen atoms in total. The molecule has 0 aromatic heterocycles. The van der Waals surface area contributed by atoms with Crippen LogP contribution in [0.15, 0.2) is 48.5 Å². The fraction of sp³-hybridized carbons (Fsp3) is 0.375. The molecule has 0 bridgehead atoms. The number of nitrogens with zero attached hydrogens (tertiary/aromatic N) is 3. The van der Waals surface area contributed by atoms with Gasteiger partial charge in [-0.15, -0.1) is 0 Å². The van der Waals surface area contributed by atoms with Crippen molar-refractivity contribution in [3.63, 3.8) is 0 Å². The maximum absolute atomic E-state index is 12.5. The van der Waals surface area contributed by atoms with Crippen LogP contribution in [0.5, 0.6) is 0 Å². The van der Waals surface area contributed by atoms with Crippen molar-refractivity contribution in [1.82, 2.24) is 20.0 Å². The van der Waals surface area contributed by atoms with E-state index in [-0.39, 0.29) is 12.5 Å². The van der Waals surface area contributed by atoms with Crippen LogP contribution in [0.3, 0.4) is 0 Å². The molecule has 2 heterocycles. The summed E-state index contributed by atoms with van der Waals surface area (Å²) in [4.78, 5) is 43.1. The van der Waals surface area contributed by atoms with Gasteiger partial charge >= 0.3 is 0 Å². The average molecular weight is 421 g/mol. The van der Waals surface area contributed by atoms with Gasteiger partial charge in [-0.25, -0.2) is 0 Å². The molecule has 0 saturated carbocycles. The van der Waals surface area contributed by atoms with E-state index in [0.29, 0.717) is 17.7 Å². The van der Waals surface area contributed by atoms with Crippen molar-refractivity contribution in [2.45, 2.75) is 13.5 Å². The normalized spacial score (nSPS) is 17.1. The van der Waals surface area contributed by atoms with Gasteiger partial charge in [0.05, 0.1) is 11.1 Å². The van der Waals surface area contributed by atoms with Crippen molar-refractivity contribution in [3.8, 4) is 0 Å². The van der Waals surface area contributed by atoms with Crippen LogP contribution in [0.1, 0.15) is 31.8 Å². The van der Waals surface area contributed by atoms with Gasteiger partial charge in [0.1, 0.15) is 6.54 Å². The number of carbonyl (C=O) groups is 3. The Morgan fingerprint density at radius 2 is 1.58 bits per heavy atom. The van der Waals surface area contributed by atoms with E-state index in [2.05, 4.69) is 39.4 Å². The first-order valence-electron chi connectivity index (χ1n) is 10.7. The second kappa shape index (κ2) is 9.41. The zero-order valence-corrected chi connectivity index (χ0v) is 17.8. The van der Waals surface area contributed by atoms with E-state index >= 15 is 0 Å². The maximum Gasteiger partial charge on any atom is 0.262 e. The van der Waals surface area contributed by atoms with Crippen LogP contribution in [0.4, 0.5) is 0 Å². The maximum atomic E-state index is 12.5. The lowest BCUT2D eigenvalue weighted by Crippen LogP contribution is -2.48. The third kappa shape index (κ3) is 5.00. The van der Waals surface area contributed by atoms with E-state index in [1.165, 1.54) is 5.56 Å². The summed E-state index contributed by atoms with van der Waals surface area (Å²) in [6.45, 7) is 7.76. The summed E-state index contributed by atoms with van der Waals surface area (Å²) in [5.41, 5.74) is 2.99. The first kappa shape index (κ1) is 21.2. The monoisotopic (exact) mass is 420 g/mol. The van der Waals surface area contributed by atoms with Crippen molar-refractivity contribution in [2.24, 2.45) is 0 Å². The third-order valence-corrected chi connectivity index (χ3v) is 5.89. The highest BCUT2D eigenvalue weighted by atomic mass is 16.2. The molecule has 0 spiro atoms. The summed E-state index contributed by atoms with van der Waals surface area (Å²) in [6, 6.07) is 15.6. The third-order valence-electron chi connectivity index (χ3n) is 5.89. The lowest BCUT2D eigenvalue weighted by atomic mass is 10.1. The number of fused-ring (bicyclic) bond motifs is 1. The second-order valence-corrected chi connectivity index (χ2v) is 8.20. The summed E-state index contributed by atoms with van der Waals surface area (Å²) in [5, 5.41) is 2.85. The Morgan fingerprint density at radius 3 is 2.32 bits per heavy atom. The number of hydrogen-bond acceptors (Lipinski definition) is 5. The molecule has 2 aromatic carbocycles. The second-order valence-electron chi connectivity index (χ2n) is 8.20. The minimum atomic E-state index is -0.398. The molecule has 0 aliphatic carbocycles. The topological polar surface area (TPSA) is 73.0 Å².